The monoisotopic (exact) mass is 309 g/mol. The Morgan fingerprint density at radius 2 is 2.00 bits per heavy atom. The van der Waals surface area contributed by atoms with Gasteiger partial charge in [0.25, 0.3) is 11.8 Å². The van der Waals surface area contributed by atoms with Gasteiger partial charge in [0.15, 0.2) is 0 Å². The second kappa shape index (κ2) is 7.51. The van der Waals surface area contributed by atoms with Crippen LogP contribution in [0.2, 0.25) is 0 Å². The number of carbonyl (C=O) groups is 3. The Morgan fingerprint density at radius 3 is 2.45 bits per heavy atom. The summed E-state index contributed by atoms with van der Waals surface area (Å²) < 4.78 is 4.96. The van der Waals surface area contributed by atoms with E-state index in [4.69, 9.17) is 9.84 Å². The minimum atomic E-state index is -1.05. The smallest absolute Gasteiger partial charge is 0.305 e. The predicted molar refractivity (Wildman–Crippen MR) is 77.6 cm³/mol. The van der Waals surface area contributed by atoms with Gasteiger partial charge in [-0.05, 0) is 19.1 Å². The number of methoxy groups -OCH3 is 1. The molecule has 1 aromatic rings. The molecule has 1 heterocycles. The Kier molecular flexibility index (Phi) is 6.00. The lowest BCUT2D eigenvalue weighted by Gasteiger charge is -2.28. The molecule has 8 nitrogen and oxygen atoms in total. The van der Waals surface area contributed by atoms with Crippen molar-refractivity contribution in [2.24, 2.45) is 0 Å². The molecule has 0 fully saturated rings. The normalized spacial score (nSPS) is 13.0. The second-order valence-corrected chi connectivity index (χ2v) is 5.03. The summed E-state index contributed by atoms with van der Waals surface area (Å²) in [5.41, 5.74) is -0.637. The number of carboxylic acid groups (broad SMARTS) is 1. The van der Waals surface area contributed by atoms with Gasteiger partial charge in [0, 0.05) is 20.4 Å². The Morgan fingerprint density at radius 1 is 1.32 bits per heavy atom. The summed E-state index contributed by atoms with van der Waals surface area (Å²) in [6, 6.07) is 2.86. The van der Waals surface area contributed by atoms with Crippen molar-refractivity contribution in [1.82, 2.24) is 15.6 Å². The number of hydrogen-bond donors (Lipinski definition) is 3. The maximum absolute atomic E-state index is 12.2. The molecule has 0 radical (unpaired) electrons. The fraction of sp³-hybridized carbons (Fsp3) is 0.429. The van der Waals surface area contributed by atoms with Crippen molar-refractivity contribution >= 4 is 17.8 Å². The lowest BCUT2D eigenvalue weighted by Crippen LogP contribution is -2.50. The second-order valence-electron chi connectivity index (χ2n) is 5.03. The molecule has 1 rings (SSSR count). The summed E-state index contributed by atoms with van der Waals surface area (Å²) in [5, 5.41) is 14.0. The maximum Gasteiger partial charge on any atom is 0.305 e. The molecule has 0 aliphatic carbocycles. The van der Waals surface area contributed by atoms with E-state index in [9.17, 15) is 14.4 Å². The topological polar surface area (TPSA) is 118 Å². The standard InChI is InChI=1S/C14H19N3O5/c1-14(8-22-3,6-11(18)19)17-12(20)9-4-5-10(16-7-9)13(21)15-2/h4-5,7H,6,8H2,1-3H3,(H,15,21)(H,17,20)(H,18,19). The molecule has 0 saturated heterocycles. The number of carbonyl (C=O) groups excluding carboxylic acids is 2. The van der Waals surface area contributed by atoms with Gasteiger partial charge in [-0.1, -0.05) is 0 Å². The zero-order valence-electron chi connectivity index (χ0n) is 12.7. The van der Waals surface area contributed by atoms with Crippen molar-refractivity contribution in [2.75, 3.05) is 20.8 Å². The molecular formula is C14H19N3O5. The first-order chi connectivity index (χ1) is 10.3. The van der Waals surface area contributed by atoms with E-state index < -0.39 is 17.4 Å². The highest BCUT2D eigenvalue weighted by Crippen LogP contribution is 2.12. The van der Waals surface area contributed by atoms with Crippen LogP contribution in [0, 0.1) is 0 Å². The first kappa shape index (κ1) is 17.6. The van der Waals surface area contributed by atoms with E-state index >= 15 is 0 Å². The zero-order chi connectivity index (χ0) is 16.8. The molecule has 1 aromatic heterocycles. The number of amides is 2. The van der Waals surface area contributed by atoms with E-state index in [1.165, 1.54) is 32.5 Å². The highest BCUT2D eigenvalue weighted by Gasteiger charge is 2.30. The molecule has 22 heavy (non-hydrogen) atoms. The summed E-state index contributed by atoms with van der Waals surface area (Å²) in [4.78, 5) is 38.3. The van der Waals surface area contributed by atoms with Gasteiger partial charge in [-0.15, -0.1) is 0 Å². The number of hydrogen-bond acceptors (Lipinski definition) is 5. The molecule has 8 heteroatoms. The number of ether oxygens (including phenoxy) is 1. The SMILES string of the molecule is CNC(=O)c1ccc(C(=O)NC(C)(COC)CC(=O)O)cn1. The lowest BCUT2D eigenvalue weighted by atomic mass is 9.98. The highest BCUT2D eigenvalue weighted by atomic mass is 16.5. The van der Waals surface area contributed by atoms with Crippen LogP contribution < -0.4 is 10.6 Å². The van der Waals surface area contributed by atoms with Gasteiger partial charge in [-0.3, -0.25) is 19.4 Å². The number of nitrogens with one attached hydrogen (secondary N) is 2. The fourth-order valence-electron chi connectivity index (χ4n) is 1.92. The third-order valence-electron chi connectivity index (χ3n) is 2.90. The number of carboxylic acids is 1. The third kappa shape index (κ3) is 4.81. The van der Waals surface area contributed by atoms with E-state index in [1.54, 1.807) is 6.92 Å². The van der Waals surface area contributed by atoms with Crippen LogP contribution in [-0.2, 0) is 9.53 Å². The molecule has 1 atom stereocenters. The Labute approximate surface area is 127 Å². The number of nitrogens with zero attached hydrogens (tertiary/aromatic N) is 1. The molecule has 2 amide bonds. The maximum atomic E-state index is 12.2. The van der Waals surface area contributed by atoms with Crippen LogP contribution in [0.3, 0.4) is 0 Å². The van der Waals surface area contributed by atoms with Crippen LogP contribution in [0.5, 0.6) is 0 Å². The zero-order valence-corrected chi connectivity index (χ0v) is 12.7. The Bertz CT molecular complexity index is 558. The molecule has 0 saturated carbocycles. The average molecular weight is 309 g/mol. The van der Waals surface area contributed by atoms with E-state index in [0.29, 0.717) is 0 Å². The van der Waals surface area contributed by atoms with E-state index in [0.717, 1.165) is 0 Å². The van der Waals surface area contributed by atoms with Crippen molar-refractivity contribution in [3.63, 3.8) is 0 Å². The molecule has 120 valence electrons. The minimum Gasteiger partial charge on any atom is -0.481 e. The summed E-state index contributed by atoms with van der Waals surface area (Å²) in [7, 11) is 2.90. The highest BCUT2D eigenvalue weighted by molar-refractivity contribution is 5.96. The van der Waals surface area contributed by atoms with Crippen LogP contribution in [0.4, 0.5) is 0 Å². The van der Waals surface area contributed by atoms with Gasteiger partial charge in [0.2, 0.25) is 0 Å². The van der Waals surface area contributed by atoms with E-state index in [2.05, 4.69) is 15.6 Å². The number of aliphatic carboxylic acids is 1. The minimum absolute atomic E-state index is 0.0504. The van der Waals surface area contributed by atoms with Crippen molar-refractivity contribution in [3.05, 3.63) is 29.6 Å². The summed E-state index contributed by atoms with van der Waals surface area (Å²) in [5.74, 6) is -1.90. The van der Waals surface area contributed by atoms with Gasteiger partial charge in [-0.25, -0.2) is 0 Å². The largest absolute Gasteiger partial charge is 0.481 e. The van der Waals surface area contributed by atoms with Gasteiger partial charge in [-0.2, -0.15) is 0 Å². The van der Waals surface area contributed by atoms with Gasteiger partial charge in [0.1, 0.15) is 5.69 Å². The van der Waals surface area contributed by atoms with Gasteiger partial charge in [0.05, 0.1) is 24.1 Å². The van der Waals surface area contributed by atoms with Crippen LogP contribution in [-0.4, -0.2) is 54.2 Å². The summed E-state index contributed by atoms with van der Waals surface area (Å²) in [6.45, 7) is 1.63. The van der Waals surface area contributed by atoms with E-state index in [1.807, 2.05) is 0 Å². The average Bonchev–Trinajstić information content (AvgIpc) is 2.45. The van der Waals surface area contributed by atoms with Crippen LogP contribution in [0.15, 0.2) is 18.3 Å². The van der Waals surface area contributed by atoms with Crippen LogP contribution in [0.25, 0.3) is 0 Å². The molecule has 0 aliphatic rings. The van der Waals surface area contributed by atoms with E-state index in [-0.39, 0.29) is 30.2 Å². The first-order valence-corrected chi connectivity index (χ1v) is 6.52. The Hall–Kier alpha value is -2.48. The van der Waals surface area contributed by atoms with Crippen molar-refractivity contribution in [3.8, 4) is 0 Å². The van der Waals surface area contributed by atoms with Crippen LogP contribution >= 0.6 is 0 Å². The van der Waals surface area contributed by atoms with Crippen molar-refractivity contribution in [2.45, 2.75) is 18.9 Å². The number of rotatable bonds is 7. The molecular weight excluding hydrogens is 290 g/mol. The fourth-order valence-corrected chi connectivity index (χ4v) is 1.92. The number of pyridine rings is 1. The van der Waals surface area contributed by atoms with Crippen molar-refractivity contribution < 1.29 is 24.2 Å². The predicted octanol–water partition coefficient (Wildman–Crippen LogP) is 0.0508. The van der Waals surface area contributed by atoms with Crippen LogP contribution in [0.1, 0.15) is 34.2 Å². The molecule has 0 aliphatic heterocycles. The quantitative estimate of drug-likeness (QED) is 0.655. The summed E-state index contributed by atoms with van der Waals surface area (Å²) >= 11 is 0. The van der Waals surface area contributed by atoms with Crippen molar-refractivity contribution in [1.29, 1.82) is 0 Å². The molecule has 0 aromatic carbocycles. The third-order valence-corrected chi connectivity index (χ3v) is 2.90. The number of aromatic nitrogens is 1. The molecule has 0 spiro atoms. The molecule has 3 N–H and O–H groups in total. The van der Waals surface area contributed by atoms with Gasteiger partial charge >= 0.3 is 5.97 Å². The molecule has 1 unspecified atom stereocenters. The van der Waals surface area contributed by atoms with Gasteiger partial charge < -0.3 is 20.5 Å². The lowest BCUT2D eigenvalue weighted by molar-refractivity contribution is -0.139. The Balaban J connectivity index is 2.86. The summed E-state index contributed by atoms with van der Waals surface area (Å²) in [6.07, 6.45) is 0.976. The first-order valence-electron chi connectivity index (χ1n) is 6.52. The molecule has 0 bridgehead atoms.